The molecule has 0 spiro atoms. The highest BCUT2D eigenvalue weighted by Crippen LogP contribution is 2.36. The number of benzene rings is 2. The van der Waals surface area contributed by atoms with E-state index in [1.54, 1.807) is 24.3 Å². The minimum atomic E-state index is -1.45. The van der Waals surface area contributed by atoms with E-state index >= 15 is 0 Å². The number of carboxylic acid groups (broad SMARTS) is 1. The van der Waals surface area contributed by atoms with Crippen LogP contribution >= 0.6 is 0 Å². The molecular weight excluding hydrogens is 434 g/mol. The zero-order valence-corrected chi connectivity index (χ0v) is 18.2. The summed E-state index contributed by atoms with van der Waals surface area (Å²) in [6.45, 7) is 0.760. The molecule has 33 heavy (non-hydrogen) atoms. The van der Waals surface area contributed by atoms with Gasteiger partial charge in [-0.2, -0.15) is 0 Å². The molecule has 0 unspecified atom stereocenters. The monoisotopic (exact) mass is 457 g/mol. The van der Waals surface area contributed by atoms with Crippen LogP contribution in [0.3, 0.4) is 0 Å². The fourth-order valence-corrected chi connectivity index (χ4v) is 3.09. The van der Waals surface area contributed by atoms with Crippen LogP contribution in [-0.4, -0.2) is 60.8 Å². The van der Waals surface area contributed by atoms with Crippen LogP contribution in [0.25, 0.3) is 6.08 Å². The van der Waals surface area contributed by atoms with Gasteiger partial charge in [-0.25, -0.2) is 4.79 Å². The number of carboxylic acids is 1. The molecular formula is C23H23NO9. The van der Waals surface area contributed by atoms with Gasteiger partial charge in [-0.3, -0.25) is 9.59 Å². The van der Waals surface area contributed by atoms with Crippen molar-refractivity contribution in [3.63, 3.8) is 0 Å². The van der Waals surface area contributed by atoms with Crippen molar-refractivity contribution in [2.45, 2.75) is 19.1 Å². The van der Waals surface area contributed by atoms with Gasteiger partial charge < -0.3 is 34.5 Å². The fraction of sp³-hybridized carbons (Fsp3) is 0.261. The van der Waals surface area contributed by atoms with Gasteiger partial charge in [0.25, 0.3) is 5.91 Å². The van der Waals surface area contributed by atoms with Crippen LogP contribution in [0.4, 0.5) is 0 Å². The van der Waals surface area contributed by atoms with E-state index in [0.717, 1.165) is 0 Å². The zero-order valence-electron chi connectivity index (χ0n) is 18.2. The highest BCUT2D eigenvalue weighted by atomic mass is 16.5. The van der Waals surface area contributed by atoms with Gasteiger partial charge in [0, 0.05) is 17.7 Å². The van der Waals surface area contributed by atoms with E-state index in [-0.39, 0.29) is 23.0 Å². The molecule has 1 amide bonds. The van der Waals surface area contributed by atoms with Gasteiger partial charge in [0.05, 0.1) is 25.9 Å². The van der Waals surface area contributed by atoms with E-state index in [1.807, 2.05) is 0 Å². The first-order valence-electron chi connectivity index (χ1n) is 9.86. The summed E-state index contributed by atoms with van der Waals surface area (Å²) in [7, 11) is 3.04. The van der Waals surface area contributed by atoms with Crippen molar-refractivity contribution in [3.05, 3.63) is 53.3 Å². The van der Waals surface area contributed by atoms with Crippen LogP contribution in [0.5, 0.6) is 23.0 Å². The number of hydrogen-bond donors (Lipinski definition) is 3. The lowest BCUT2D eigenvalue weighted by atomic mass is 10.1. The van der Waals surface area contributed by atoms with Gasteiger partial charge in [-0.1, -0.05) is 0 Å². The van der Waals surface area contributed by atoms with Crippen LogP contribution in [0, 0.1) is 0 Å². The number of allylic oxidation sites excluding steroid dienone is 1. The fourth-order valence-electron chi connectivity index (χ4n) is 3.09. The number of amides is 1. The first-order chi connectivity index (χ1) is 15.7. The molecule has 1 aliphatic rings. The van der Waals surface area contributed by atoms with Crippen molar-refractivity contribution in [3.8, 4) is 23.0 Å². The Morgan fingerprint density at radius 3 is 2.48 bits per heavy atom. The summed E-state index contributed by atoms with van der Waals surface area (Å²) in [4.78, 5) is 35.7. The Morgan fingerprint density at radius 2 is 1.85 bits per heavy atom. The summed E-state index contributed by atoms with van der Waals surface area (Å²) in [6, 6.07) is 8.14. The normalized spacial score (nSPS) is 15.3. The summed E-state index contributed by atoms with van der Waals surface area (Å²) in [5.41, 5.74) is 0.944. The van der Waals surface area contributed by atoms with E-state index in [1.165, 1.54) is 39.3 Å². The highest BCUT2D eigenvalue weighted by Gasteiger charge is 2.29. The van der Waals surface area contributed by atoms with Crippen LogP contribution in [-0.2, 0) is 9.59 Å². The number of Topliss-reactive ketones (excluding diaryl/α,β-unsaturated/α-hetero) is 1. The van der Waals surface area contributed by atoms with Gasteiger partial charge in [0.2, 0.25) is 5.78 Å². The number of aliphatic hydroxyl groups excluding tert-OH is 1. The quantitative estimate of drug-likeness (QED) is 0.479. The Morgan fingerprint density at radius 1 is 1.12 bits per heavy atom. The lowest BCUT2D eigenvalue weighted by Crippen LogP contribution is -2.49. The predicted octanol–water partition coefficient (Wildman–Crippen LogP) is 1.65. The van der Waals surface area contributed by atoms with Crippen molar-refractivity contribution in [2.24, 2.45) is 0 Å². The first kappa shape index (κ1) is 23.6. The molecule has 0 saturated carbocycles. The van der Waals surface area contributed by atoms with Crippen LogP contribution in [0.2, 0.25) is 0 Å². The number of aliphatic hydroxyl groups is 1. The van der Waals surface area contributed by atoms with Crippen molar-refractivity contribution in [1.82, 2.24) is 5.32 Å². The third kappa shape index (κ3) is 5.42. The van der Waals surface area contributed by atoms with Crippen molar-refractivity contribution < 1.29 is 43.5 Å². The molecule has 1 heterocycles. The Kier molecular flexibility index (Phi) is 7.19. The van der Waals surface area contributed by atoms with Crippen molar-refractivity contribution in [1.29, 1.82) is 0 Å². The third-order valence-corrected chi connectivity index (χ3v) is 4.80. The molecule has 10 nitrogen and oxygen atoms in total. The van der Waals surface area contributed by atoms with E-state index in [9.17, 15) is 19.5 Å². The smallest absolute Gasteiger partial charge is 0.328 e. The lowest BCUT2D eigenvalue weighted by Gasteiger charge is -2.17. The maximum absolute atomic E-state index is 12.7. The minimum Gasteiger partial charge on any atom is -0.497 e. The molecule has 2 aromatic carbocycles. The molecule has 0 aliphatic carbocycles. The molecule has 2 aromatic rings. The Balaban J connectivity index is 1.70. The van der Waals surface area contributed by atoms with Crippen LogP contribution in [0.1, 0.15) is 22.8 Å². The van der Waals surface area contributed by atoms with E-state index < -0.39 is 30.6 Å². The summed E-state index contributed by atoms with van der Waals surface area (Å²) < 4.78 is 21.6. The summed E-state index contributed by atoms with van der Waals surface area (Å²) in [5.74, 6) is -0.736. The Labute approximate surface area is 189 Å². The standard InChI is InChI=1S/C23H23NO9/c1-12(25)21(23(28)29)24-20(26)11-32-15-6-7-16-18(10-15)33-19(22(16)27)8-13-4-5-14(30-2)9-17(13)31-3/h4-10,12,21,25H,11H2,1-3H3,(H,24,26)(H,28,29)/b19-8-/t12-,21-/m0/s1. The minimum absolute atomic E-state index is 0.0876. The maximum Gasteiger partial charge on any atom is 0.328 e. The molecule has 0 saturated heterocycles. The highest BCUT2D eigenvalue weighted by molar-refractivity contribution is 6.14. The molecule has 3 N–H and O–H groups in total. The average molecular weight is 457 g/mol. The van der Waals surface area contributed by atoms with Crippen molar-refractivity contribution in [2.75, 3.05) is 20.8 Å². The second-order valence-corrected chi connectivity index (χ2v) is 7.12. The van der Waals surface area contributed by atoms with Gasteiger partial charge in [0.15, 0.2) is 18.4 Å². The zero-order chi connectivity index (χ0) is 24.1. The predicted molar refractivity (Wildman–Crippen MR) is 116 cm³/mol. The molecule has 0 fully saturated rings. The Bertz CT molecular complexity index is 1110. The number of hydrogen-bond acceptors (Lipinski definition) is 8. The molecule has 10 heteroatoms. The number of ketones is 1. The van der Waals surface area contributed by atoms with Gasteiger partial charge in [0.1, 0.15) is 23.0 Å². The number of fused-ring (bicyclic) bond motifs is 1. The van der Waals surface area contributed by atoms with E-state index in [0.29, 0.717) is 22.6 Å². The molecule has 3 rings (SSSR count). The number of aliphatic carboxylic acids is 1. The van der Waals surface area contributed by atoms with Crippen molar-refractivity contribution >= 4 is 23.7 Å². The number of carbonyl (C=O) groups is 3. The largest absolute Gasteiger partial charge is 0.497 e. The third-order valence-electron chi connectivity index (χ3n) is 4.80. The number of methoxy groups -OCH3 is 2. The summed E-state index contributed by atoms with van der Waals surface area (Å²) >= 11 is 0. The molecule has 0 radical (unpaired) electrons. The lowest BCUT2D eigenvalue weighted by molar-refractivity contribution is -0.145. The summed E-state index contributed by atoms with van der Waals surface area (Å²) in [6.07, 6.45) is 0.275. The number of carbonyl (C=O) groups excluding carboxylic acids is 2. The molecule has 1 aliphatic heterocycles. The molecule has 0 aromatic heterocycles. The SMILES string of the molecule is COc1ccc(/C=C2\Oc3cc(OCC(=O)N[C@H](C(=O)O)[C@H](C)O)ccc3C2=O)c(OC)c1. The molecule has 0 bridgehead atoms. The maximum atomic E-state index is 12.7. The summed E-state index contributed by atoms with van der Waals surface area (Å²) in [5, 5.41) is 20.6. The second kappa shape index (κ2) is 10.0. The van der Waals surface area contributed by atoms with Gasteiger partial charge >= 0.3 is 5.97 Å². The van der Waals surface area contributed by atoms with Gasteiger partial charge in [-0.05, 0) is 37.3 Å². The van der Waals surface area contributed by atoms with Crippen LogP contribution < -0.4 is 24.3 Å². The number of ether oxygens (including phenoxy) is 4. The van der Waals surface area contributed by atoms with Crippen LogP contribution in [0.15, 0.2) is 42.2 Å². The van der Waals surface area contributed by atoms with E-state index in [2.05, 4.69) is 5.32 Å². The first-order valence-corrected chi connectivity index (χ1v) is 9.86. The van der Waals surface area contributed by atoms with E-state index in [4.69, 9.17) is 24.1 Å². The number of nitrogens with one attached hydrogen (secondary N) is 1. The van der Waals surface area contributed by atoms with Gasteiger partial charge in [-0.15, -0.1) is 0 Å². The molecule has 2 atom stereocenters. The Hall–Kier alpha value is -4.05. The number of rotatable bonds is 9. The second-order valence-electron chi connectivity index (χ2n) is 7.12. The topological polar surface area (TPSA) is 141 Å². The molecule has 174 valence electrons. The average Bonchev–Trinajstić information content (AvgIpc) is 3.10.